The molecule has 0 aliphatic carbocycles. The van der Waals surface area contributed by atoms with Gasteiger partial charge in [-0.05, 0) is 19.3 Å². The van der Waals surface area contributed by atoms with E-state index in [-0.39, 0.29) is 17.9 Å². The van der Waals surface area contributed by atoms with Crippen LogP contribution in [0.4, 0.5) is 0 Å². The molecule has 2 amide bonds. The first kappa shape index (κ1) is 19.4. The van der Waals surface area contributed by atoms with Crippen molar-refractivity contribution in [1.29, 1.82) is 0 Å². The molecule has 4 heterocycles. The molecule has 8 heteroatoms. The molecule has 2 saturated heterocycles. The molecule has 2 aromatic rings. The Bertz CT molecular complexity index is 837. The minimum Gasteiger partial charge on any atom is -0.352 e. The van der Waals surface area contributed by atoms with Crippen molar-refractivity contribution < 1.29 is 9.59 Å². The fourth-order valence-electron chi connectivity index (χ4n) is 4.35. The average Bonchev–Trinajstić information content (AvgIpc) is 3.31. The fraction of sp³-hybridized carbons (Fsp3) is 0.650. The van der Waals surface area contributed by atoms with E-state index in [2.05, 4.69) is 14.6 Å². The van der Waals surface area contributed by atoms with Crippen molar-refractivity contribution in [2.24, 2.45) is 0 Å². The number of aromatic nitrogens is 2. The van der Waals surface area contributed by atoms with E-state index in [4.69, 9.17) is 4.98 Å². The Balaban J connectivity index is 1.53. The number of nitrogens with one attached hydrogen (secondary N) is 1. The third-order valence-corrected chi connectivity index (χ3v) is 6.52. The van der Waals surface area contributed by atoms with E-state index < -0.39 is 0 Å². The van der Waals surface area contributed by atoms with Gasteiger partial charge >= 0.3 is 0 Å². The lowest BCUT2D eigenvalue weighted by molar-refractivity contribution is -0.119. The molecule has 28 heavy (non-hydrogen) atoms. The normalized spacial score (nSPS) is 21.6. The Hall–Kier alpha value is -1.93. The minimum atomic E-state index is 0.0179. The van der Waals surface area contributed by atoms with Gasteiger partial charge in [0.1, 0.15) is 0 Å². The van der Waals surface area contributed by atoms with E-state index in [0.717, 1.165) is 56.1 Å². The zero-order valence-electron chi connectivity index (χ0n) is 16.5. The van der Waals surface area contributed by atoms with Gasteiger partial charge in [-0.1, -0.05) is 19.3 Å². The zero-order chi connectivity index (χ0) is 19.5. The number of likely N-dealkylation sites (tertiary alicyclic amines) is 2. The SMILES string of the molecule is CC(=O)N[C@H]1CCN(Cc2c(C(=O)N3CCCCCCC3)nc3sccn23)C1. The van der Waals surface area contributed by atoms with Gasteiger partial charge in [0.2, 0.25) is 5.91 Å². The average molecular weight is 404 g/mol. The summed E-state index contributed by atoms with van der Waals surface area (Å²) < 4.78 is 2.06. The van der Waals surface area contributed by atoms with Crippen LogP contribution in [0, 0.1) is 0 Å². The van der Waals surface area contributed by atoms with Crippen molar-refractivity contribution in [3.05, 3.63) is 23.0 Å². The standard InChI is InChI=1S/C20H29N5O2S/c1-15(26)21-16-7-10-23(13-16)14-17-18(22-20-25(17)11-12-28-20)19(27)24-8-5-3-2-4-6-9-24/h11-12,16H,2-10,13-14H2,1H3,(H,21,26)/t16-/m0/s1. The maximum absolute atomic E-state index is 13.3. The highest BCUT2D eigenvalue weighted by Crippen LogP contribution is 2.23. The van der Waals surface area contributed by atoms with Crippen LogP contribution in [0.2, 0.25) is 0 Å². The number of hydrogen-bond donors (Lipinski definition) is 1. The van der Waals surface area contributed by atoms with Gasteiger partial charge in [-0.15, -0.1) is 11.3 Å². The molecule has 0 spiro atoms. The highest BCUT2D eigenvalue weighted by Gasteiger charge is 2.29. The highest BCUT2D eigenvalue weighted by atomic mass is 32.1. The van der Waals surface area contributed by atoms with Crippen LogP contribution < -0.4 is 5.32 Å². The monoisotopic (exact) mass is 403 g/mol. The smallest absolute Gasteiger partial charge is 0.274 e. The van der Waals surface area contributed by atoms with Gasteiger partial charge in [0.15, 0.2) is 10.7 Å². The fourth-order valence-corrected chi connectivity index (χ4v) is 5.08. The van der Waals surface area contributed by atoms with Crippen LogP contribution in [0.15, 0.2) is 11.6 Å². The predicted molar refractivity (Wildman–Crippen MR) is 110 cm³/mol. The van der Waals surface area contributed by atoms with Gasteiger partial charge in [-0.2, -0.15) is 0 Å². The largest absolute Gasteiger partial charge is 0.352 e. The quantitative estimate of drug-likeness (QED) is 0.852. The van der Waals surface area contributed by atoms with Gasteiger partial charge in [0.25, 0.3) is 5.91 Å². The van der Waals surface area contributed by atoms with Crippen LogP contribution in [0.25, 0.3) is 4.96 Å². The molecule has 2 aromatic heterocycles. The molecule has 0 aromatic carbocycles. The molecule has 1 atom stereocenters. The van der Waals surface area contributed by atoms with Gasteiger partial charge in [-0.25, -0.2) is 4.98 Å². The number of thiazole rings is 1. The summed E-state index contributed by atoms with van der Waals surface area (Å²) in [6.07, 6.45) is 8.79. The van der Waals surface area contributed by atoms with Crippen molar-refractivity contribution in [2.45, 2.75) is 58.0 Å². The number of nitrogens with zero attached hydrogens (tertiary/aromatic N) is 4. The van der Waals surface area contributed by atoms with Crippen molar-refractivity contribution in [3.8, 4) is 0 Å². The molecular weight excluding hydrogens is 374 g/mol. The Morgan fingerprint density at radius 1 is 1.18 bits per heavy atom. The second-order valence-electron chi connectivity index (χ2n) is 7.94. The van der Waals surface area contributed by atoms with E-state index in [1.807, 2.05) is 16.5 Å². The first-order valence-electron chi connectivity index (χ1n) is 10.3. The van der Waals surface area contributed by atoms with Gasteiger partial charge in [0.05, 0.1) is 5.69 Å². The van der Waals surface area contributed by atoms with Gasteiger partial charge in [-0.3, -0.25) is 18.9 Å². The predicted octanol–water partition coefficient (Wildman–Crippen LogP) is 2.51. The molecular formula is C20H29N5O2S. The Labute approximate surface area is 169 Å². The number of amides is 2. The number of hydrogen-bond acceptors (Lipinski definition) is 5. The van der Waals surface area contributed by atoms with E-state index in [1.54, 1.807) is 18.3 Å². The Morgan fingerprint density at radius 2 is 1.93 bits per heavy atom. The van der Waals surface area contributed by atoms with Crippen LogP contribution in [-0.4, -0.2) is 63.2 Å². The third kappa shape index (κ3) is 4.22. The van der Waals surface area contributed by atoms with Gasteiger partial charge in [0, 0.05) is 57.3 Å². The van der Waals surface area contributed by atoms with Crippen LogP contribution >= 0.6 is 11.3 Å². The summed E-state index contributed by atoms with van der Waals surface area (Å²) in [5.74, 6) is 0.0924. The third-order valence-electron chi connectivity index (χ3n) is 5.76. The van der Waals surface area contributed by atoms with Crippen LogP contribution in [0.5, 0.6) is 0 Å². The lowest BCUT2D eigenvalue weighted by atomic mass is 10.1. The maximum atomic E-state index is 13.3. The number of carbonyl (C=O) groups excluding carboxylic acids is 2. The maximum Gasteiger partial charge on any atom is 0.274 e. The van der Waals surface area contributed by atoms with Crippen LogP contribution in [0.1, 0.15) is 61.6 Å². The number of rotatable bonds is 4. The molecule has 152 valence electrons. The Morgan fingerprint density at radius 3 is 2.68 bits per heavy atom. The molecule has 4 rings (SSSR count). The summed E-state index contributed by atoms with van der Waals surface area (Å²) in [5, 5.41) is 5.02. The van der Waals surface area contributed by atoms with Gasteiger partial charge < -0.3 is 10.2 Å². The summed E-state index contributed by atoms with van der Waals surface area (Å²) >= 11 is 1.57. The molecule has 7 nitrogen and oxygen atoms in total. The summed E-state index contributed by atoms with van der Waals surface area (Å²) in [7, 11) is 0. The molecule has 1 N–H and O–H groups in total. The summed E-state index contributed by atoms with van der Waals surface area (Å²) in [5.41, 5.74) is 1.59. The van der Waals surface area contributed by atoms with Crippen LogP contribution in [0.3, 0.4) is 0 Å². The molecule has 0 radical (unpaired) electrons. The zero-order valence-corrected chi connectivity index (χ0v) is 17.3. The van der Waals surface area contributed by atoms with Crippen molar-refractivity contribution in [3.63, 3.8) is 0 Å². The number of carbonyl (C=O) groups is 2. The molecule has 0 unspecified atom stereocenters. The summed E-state index contributed by atoms with van der Waals surface area (Å²) in [4.78, 5) is 34.6. The molecule has 2 fully saturated rings. The number of imidazole rings is 1. The van der Waals surface area contributed by atoms with Crippen molar-refractivity contribution in [2.75, 3.05) is 26.2 Å². The second kappa shape index (κ2) is 8.61. The van der Waals surface area contributed by atoms with E-state index in [1.165, 1.54) is 19.3 Å². The first-order valence-corrected chi connectivity index (χ1v) is 11.2. The van der Waals surface area contributed by atoms with E-state index >= 15 is 0 Å². The minimum absolute atomic E-state index is 0.0179. The highest BCUT2D eigenvalue weighted by molar-refractivity contribution is 7.15. The lowest BCUT2D eigenvalue weighted by Crippen LogP contribution is -2.36. The van der Waals surface area contributed by atoms with Crippen LogP contribution in [-0.2, 0) is 11.3 Å². The second-order valence-corrected chi connectivity index (χ2v) is 8.82. The topological polar surface area (TPSA) is 70.0 Å². The van der Waals surface area contributed by atoms with E-state index in [9.17, 15) is 9.59 Å². The molecule has 2 aliphatic heterocycles. The molecule has 0 bridgehead atoms. The molecule has 2 aliphatic rings. The number of fused-ring (bicyclic) bond motifs is 1. The summed E-state index contributed by atoms with van der Waals surface area (Å²) in [6, 6.07) is 0.192. The lowest BCUT2D eigenvalue weighted by Gasteiger charge is -2.25. The van der Waals surface area contributed by atoms with E-state index in [0.29, 0.717) is 12.2 Å². The van der Waals surface area contributed by atoms with Crippen molar-refractivity contribution in [1.82, 2.24) is 24.5 Å². The summed E-state index contributed by atoms with van der Waals surface area (Å²) in [6.45, 7) is 5.64. The van der Waals surface area contributed by atoms with Crippen molar-refractivity contribution >= 4 is 28.1 Å². The first-order chi connectivity index (χ1) is 13.6. The Kier molecular flexibility index (Phi) is 5.96. The molecule has 0 saturated carbocycles.